The summed E-state index contributed by atoms with van der Waals surface area (Å²) in [4.78, 5) is 0. The van der Waals surface area contributed by atoms with Gasteiger partial charge in [0.25, 0.3) is 0 Å². The fourth-order valence-electron chi connectivity index (χ4n) is 15.4. The van der Waals surface area contributed by atoms with E-state index in [1.807, 2.05) is 0 Å². The van der Waals surface area contributed by atoms with E-state index in [0.29, 0.717) is 30.6 Å². The van der Waals surface area contributed by atoms with Crippen molar-refractivity contribution in [2.45, 2.75) is 228 Å². The van der Waals surface area contributed by atoms with Crippen molar-refractivity contribution in [1.82, 2.24) is 0 Å². The first kappa shape index (κ1) is 63.6. The second-order valence-electron chi connectivity index (χ2n) is 24.8. The van der Waals surface area contributed by atoms with E-state index in [9.17, 15) is 71.5 Å². The summed E-state index contributed by atoms with van der Waals surface area (Å²) in [6.07, 6.45) is -18.0. The van der Waals surface area contributed by atoms with Crippen LogP contribution in [0.15, 0.2) is 11.8 Å². The van der Waals surface area contributed by atoms with Crippen LogP contribution in [-0.2, 0) is 47.4 Å². The maximum absolute atomic E-state index is 11.3. The predicted molar refractivity (Wildman–Crippen MR) is 273 cm³/mol. The normalized spacial score (nSPS) is 48.7. The Morgan fingerprint density at radius 2 is 1.15 bits per heavy atom. The van der Waals surface area contributed by atoms with Crippen LogP contribution in [0.3, 0.4) is 0 Å². The first-order valence-electron chi connectivity index (χ1n) is 29.0. The first-order valence-corrected chi connectivity index (χ1v) is 29.0. The van der Waals surface area contributed by atoms with Crippen molar-refractivity contribution >= 4 is 0 Å². The summed E-state index contributed by atoms with van der Waals surface area (Å²) in [5.41, 5.74) is -0.412. The van der Waals surface area contributed by atoms with Crippen LogP contribution in [0.4, 0.5) is 0 Å². The molecule has 4 aliphatic heterocycles. The maximum atomic E-state index is 11.3. The highest BCUT2D eigenvalue weighted by molar-refractivity contribution is 5.15. The molecule has 458 valence electrons. The molecule has 0 bridgehead atoms. The van der Waals surface area contributed by atoms with Gasteiger partial charge in [-0.15, -0.1) is 0 Å². The van der Waals surface area contributed by atoms with Crippen LogP contribution in [0.25, 0.3) is 0 Å². The van der Waals surface area contributed by atoms with Gasteiger partial charge in [0.2, 0.25) is 0 Å². The van der Waals surface area contributed by atoms with Gasteiger partial charge in [0.05, 0.1) is 71.2 Å². The van der Waals surface area contributed by atoms with Gasteiger partial charge in [0.1, 0.15) is 91.2 Å². The Bertz CT molecular complexity index is 1920. The maximum Gasteiger partial charge on any atom is 0.187 e. The topological polar surface area (TPSA) is 376 Å². The van der Waals surface area contributed by atoms with Crippen LogP contribution in [0.1, 0.15) is 98.8 Å². The Hall–Kier alpha value is -1.38. The molecule has 7 fully saturated rings. The molecule has 8 rings (SSSR count). The summed E-state index contributed by atoms with van der Waals surface area (Å²) >= 11 is 0. The number of ether oxygens (including phenoxy) is 10. The highest BCUT2D eigenvalue weighted by atomic mass is 16.8. The number of fused-ring (bicyclic) bond motifs is 5. The number of aliphatic hydroxyl groups is 14. The van der Waals surface area contributed by atoms with Crippen LogP contribution < -0.4 is 0 Å². The molecule has 4 saturated carbocycles. The molecule has 4 heterocycles. The third kappa shape index (κ3) is 13.2. The zero-order chi connectivity index (χ0) is 57.2. The number of hydrogen-bond acceptors (Lipinski definition) is 24. The Kier molecular flexibility index (Phi) is 22.0. The van der Waals surface area contributed by atoms with Gasteiger partial charge in [-0.25, -0.2) is 0 Å². The van der Waals surface area contributed by atoms with E-state index in [1.165, 1.54) is 6.08 Å². The van der Waals surface area contributed by atoms with E-state index < -0.39 is 143 Å². The largest absolute Gasteiger partial charge is 0.510 e. The van der Waals surface area contributed by atoms with Crippen LogP contribution >= 0.6 is 0 Å². The number of hydrogen-bond donors (Lipinski definition) is 14. The van der Waals surface area contributed by atoms with E-state index in [1.54, 1.807) is 0 Å². The average molecular weight is 1140 g/mol. The highest BCUT2D eigenvalue weighted by Gasteiger charge is 2.67. The lowest BCUT2D eigenvalue weighted by Crippen LogP contribution is -2.64. The molecule has 0 radical (unpaired) electrons. The van der Waals surface area contributed by atoms with Crippen molar-refractivity contribution in [3.63, 3.8) is 0 Å². The smallest absolute Gasteiger partial charge is 0.187 e. The van der Waals surface area contributed by atoms with Gasteiger partial charge in [-0.2, -0.15) is 0 Å². The summed E-state index contributed by atoms with van der Waals surface area (Å²) in [5.74, 6) is 1.55. The molecule has 7 unspecified atom stereocenters. The number of rotatable bonds is 23. The molecule has 24 nitrogen and oxygen atoms in total. The summed E-state index contributed by atoms with van der Waals surface area (Å²) in [6.45, 7) is 9.16. The number of aliphatic hydroxyl groups excluding tert-OH is 14. The first-order chi connectivity index (χ1) is 37.6. The Balaban J connectivity index is 0.944. The van der Waals surface area contributed by atoms with Gasteiger partial charge >= 0.3 is 0 Å². The molecule has 0 aromatic heterocycles. The molecular weight excluding hydrogens is 1040 g/mol. The van der Waals surface area contributed by atoms with Gasteiger partial charge in [0, 0.05) is 11.5 Å². The standard InChI is InChI=1S/C55H94O24/c1-25(2)7-6-8-26(3)29-9-10-30-40-31(19-38(55(29,30)5)71-14-15-72-39-20-32(61)49(36(23-58)74-39)78-52-46(67)43(64)41(62)34(21-56)75-52)54(4)12-11-28(60)17-27(54)18-33(40)70-13-16-73-51-48(69)45(66)50(37(24-59)77-51)79-53-47(68)44(65)42(63)35(22-57)76-53/h20,25-31,33-53,56-69H,6-19,21-24H2,1-5H3/t26-,27+,28-,29-,30+,31+,33-,34?,35?,36?,37?,38+,39-,40+,41-,42-,43+,44?,45?,46?,47+,48+,49+,50-,51-,52-,53-,54+,55-/m1/s1. The Morgan fingerprint density at radius 3 is 1.78 bits per heavy atom. The van der Waals surface area contributed by atoms with Crippen LogP contribution in [0.2, 0.25) is 0 Å². The lowest BCUT2D eigenvalue weighted by molar-refractivity contribution is -0.360. The molecular formula is C55H94O24. The molecule has 29 atom stereocenters. The van der Waals surface area contributed by atoms with Gasteiger partial charge in [0.15, 0.2) is 25.2 Å². The van der Waals surface area contributed by atoms with E-state index in [2.05, 4.69) is 34.6 Å². The second kappa shape index (κ2) is 27.3. The zero-order valence-corrected chi connectivity index (χ0v) is 46.3. The van der Waals surface area contributed by atoms with E-state index in [-0.39, 0.29) is 78.9 Å². The monoisotopic (exact) mass is 1140 g/mol. The van der Waals surface area contributed by atoms with E-state index in [4.69, 9.17) is 47.4 Å². The fourth-order valence-corrected chi connectivity index (χ4v) is 15.4. The van der Waals surface area contributed by atoms with Gasteiger partial charge in [-0.1, -0.05) is 53.9 Å². The molecule has 0 aromatic rings. The quantitative estimate of drug-likeness (QED) is 0.0516. The minimum absolute atomic E-state index is 0.0595. The summed E-state index contributed by atoms with van der Waals surface area (Å²) in [5, 5.41) is 147. The van der Waals surface area contributed by atoms with Crippen molar-refractivity contribution in [2.75, 3.05) is 52.9 Å². The van der Waals surface area contributed by atoms with Crippen LogP contribution in [0.5, 0.6) is 0 Å². The van der Waals surface area contributed by atoms with Gasteiger partial charge in [-0.3, -0.25) is 0 Å². The van der Waals surface area contributed by atoms with Crippen molar-refractivity contribution < 1.29 is 119 Å². The van der Waals surface area contributed by atoms with E-state index >= 15 is 0 Å². The molecule has 0 amide bonds. The SMILES string of the molecule is CC(C)CCC[C@@H](C)[C@H]1CC[C@H]2[C@@H]3[C@H](OCCO[C@@H]4OC(CO)[C@@H](O[C@H]5OC(CO)[C@@H](O)C(O)[C@@H]5O)C(O)[C@@H]4O)C[C@@H]4C[C@H](O)CC[C@]4(C)[C@H]3C[C@H](OCCO[C@H]3C=C(O)[C@H](O[C@H]4OC(CO)[C@@H](O)[C@H](O)C4O)C(CO)O3)[C@]12C. The molecule has 0 aromatic carbocycles. The fraction of sp³-hybridized carbons (Fsp3) is 0.964. The van der Waals surface area contributed by atoms with Crippen molar-refractivity contribution in [3.8, 4) is 0 Å². The second-order valence-corrected chi connectivity index (χ2v) is 24.8. The summed E-state index contributed by atoms with van der Waals surface area (Å²) < 4.78 is 60.4. The van der Waals surface area contributed by atoms with Crippen LogP contribution in [0, 0.1) is 52.3 Å². The van der Waals surface area contributed by atoms with Gasteiger partial charge < -0.3 is 119 Å². The minimum atomic E-state index is -1.80. The molecule has 4 aliphatic carbocycles. The summed E-state index contributed by atoms with van der Waals surface area (Å²) in [7, 11) is 0. The molecule has 0 spiro atoms. The summed E-state index contributed by atoms with van der Waals surface area (Å²) in [6, 6.07) is 0. The Labute approximate surface area is 462 Å². The zero-order valence-electron chi connectivity index (χ0n) is 46.3. The molecule has 24 heteroatoms. The molecule has 3 saturated heterocycles. The molecule has 79 heavy (non-hydrogen) atoms. The predicted octanol–water partition coefficient (Wildman–Crippen LogP) is -1.54. The van der Waals surface area contributed by atoms with Crippen molar-refractivity contribution in [2.24, 2.45) is 52.3 Å². The van der Waals surface area contributed by atoms with E-state index in [0.717, 1.165) is 51.4 Å². The third-order valence-corrected chi connectivity index (χ3v) is 19.8. The third-order valence-electron chi connectivity index (χ3n) is 19.8. The molecule has 14 N–H and O–H groups in total. The van der Waals surface area contributed by atoms with Crippen molar-refractivity contribution in [3.05, 3.63) is 11.8 Å². The average Bonchev–Trinajstić information content (AvgIpc) is 4.09. The Morgan fingerprint density at radius 1 is 0.570 bits per heavy atom. The lowest BCUT2D eigenvalue weighted by Gasteiger charge is -2.64. The van der Waals surface area contributed by atoms with Gasteiger partial charge in [-0.05, 0) is 91.8 Å². The minimum Gasteiger partial charge on any atom is -0.510 e. The lowest BCUT2D eigenvalue weighted by atomic mass is 9.43. The van der Waals surface area contributed by atoms with Crippen molar-refractivity contribution in [1.29, 1.82) is 0 Å². The van der Waals surface area contributed by atoms with Crippen LogP contribution in [-0.4, -0.2) is 253 Å². The highest BCUT2D eigenvalue weighted by Crippen LogP contribution is 2.69. The molecule has 8 aliphatic rings.